The SMILES string of the molecule is COc1cc2cccnc2cc1I. The van der Waals surface area contributed by atoms with E-state index < -0.39 is 0 Å². The van der Waals surface area contributed by atoms with Crippen molar-refractivity contribution in [3.8, 4) is 5.75 Å². The van der Waals surface area contributed by atoms with E-state index in [0.717, 1.165) is 20.2 Å². The first-order chi connectivity index (χ1) is 6.31. The van der Waals surface area contributed by atoms with Crippen molar-refractivity contribution in [1.82, 2.24) is 4.98 Å². The molecule has 0 aliphatic carbocycles. The predicted octanol–water partition coefficient (Wildman–Crippen LogP) is 2.85. The number of halogens is 1. The van der Waals surface area contributed by atoms with Crippen molar-refractivity contribution in [3.63, 3.8) is 0 Å². The van der Waals surface area contributed by atoms with Gasteiger partial charge in [0.2, 0.25) is 0 Å². The highest BCUT2D eigenvalue weighted by Crippen LogP contribution is 2.25. The molecule has 1 aromatic carbocycles. The summed E-state index contributed by atoms with van der Waals surface area (Å²) in [6, 6.07) is 7.98. The van der Waals surface area contributed by atoms with Crippen molar-refractivity contribution >= 4 is 33.5 Å². The zero-order valence-corrected chi connectivity index (χ0v) is 9.28. The summed E-state index contributed by atoms with van der Waals surface area (Å²) < 4.78 is 6.31. The minimum Gasteiger partial charge on any atom is -0.496 e. The van der Waals surface area contributed by atoms with E-state index in [0.29, 0.717) is 0 Å². The molecule has 0 spiro atoms. The van der Waals surface area contributed by atoms with Gasteiger partial charge in [-0.05, 0) is 40.8 Å². The third kappa shape index (κ3) is 1.60. The molecule has 0 aliphatic heterocycles. The fourth-order valence-corrected chi connectivity index (χ4v) is 1.90. The second-order valence-corrected chi connectivity index (χ2v) is 3.85. The lowest BCUT2D eigenvalue weighted by Crippen LogP contribution is -1.87. The highest BCUT2D eigenvalue weighted by molar-refractivity contribution is 14.1. The Hall–Kier alpha value is -0.840. The van der Waals surface area contributed by atoms with Crippen molar-refractivity contribution in [1.29, 1.82) is 0 Å². The molecule has 0 N–H and O–H groups in total. The predicted molar refractivity (Wildman–Crippen MR) is 61.0 cm³/mol. The molecule has 2 nitrogen and oxygen atoms in total. The van der Waals surface area contributed by atoms with E-state index in [1.807, 2.05) is 24.3 Å². The molecule has 1 heterocycles. The molecule has 0 aliphatic rings. The van der Waals surface area contributed by atoms with Crippen LogP contribution >= 0.6 is 22.6 Å². The zero-order valence-electron chi connectivity index (χ0n) is 7.12. The molecule has 0 saturated heterocycles. The first kappa shape index (κ1) is 8.74. The fourth-order valence-electron chi connectivity index (χ4n) is 1.23. The van der Waals surface area contributed by atoms with Crippen LogP contribution in [-0.2, 0) is 0 Å². The summed E-state index contributed by atoms with van der Waals surface area (Å²) in [5, 5.41) is 1.11. The van der Waals surface area contributed by atoms with Crippen LogP contribution in [0.1, 0.15) is 0 Å². The van der Waals surface area contributed by atoms with Gasteiger partial charge in [0.25, 0.3) is 0 Å². The summed E-state index contributed by atoms with van der Waals surface area (Å²) >= 11 is 2.24. The van der Waals surface area contributed by atoms with Crippen LogP contribution in [0, 0.1) is 3.57 Å². The van der Waals surface area contributed by atoms with Crippen LogP contribution in [0.15, 0.2) is 30.5 Å². The van der Waals surface area contributed by atoms with Gasteiger partial charge in [-0.2, -0.15) is 0 Å². The Morgan fingerprint density at radius 2 is 2.23 bits per heavy atom. The molecule has 0 fully saturated rings. The molecule has 2 rings (SSSR count). The lowest BCUT2D eigenvalue weighted by Gasteiger charge is -2.04. The number of pyridine rings is 1. The minimum absolute atomic E-state index is 0.904. The Bertz CT molecular complexity index is 442. The number of hydrogen-bond donors (Lipinski definition) is 0. The molecular weight excluding hydrogens is 277 g/mol. The van der Waals surface area contributed by atoms with Crippen molar-refractivity contribution in [2.45, 2.75) is 0 Å². The summed E-state index contributed by atoms with van der Waals surface area (Å²) in [7, 11) is 1.68. The van der Waals surface area contributed by atoms with Crippen molar-refractivity contribution in [2.24, 2.45) is 0 Å². The molecule has 0 radical (unpaired) electrons. The third-order valence-corrected chi connectivity index (χ3v) is 2.72. The maximum atomic E-state index is 5.22. The van der Waals surface area contributed by atoms with Crippen LogP contribution in [0.4, 0.5) is 0 Å². The number of methoxy groups -OCH3 is 1. The van der Waals surface area contributed by atoms with E-state index in [-0.39, 0.29) is 0 Å². The van der Waals surface area contributed by atoms with Crippen molar-refractivity contribution < 1.29 is 4.74 Å². The zero-order chi connectivity index (χ0) is 9.26. The van der Waals surface area contributed by atoms with Crippen LogP contribution < -0.4 is 4.74 Å². The molecule has 3 heteroatoms. The van der Waals surface area contributed by atoms with Gasteiger partial charge < -0.3 is 4.74 Å². The second kappa shape index (κ2) is 3.49. The van der Waals surface area contributed by atoms with E-state index in [2.05, 4.69) is 27.6 Å². The summed E-state index contributed by atoms with van der Waals surface area (Å²) in [5.74, 6) is 0.904. The van der Waals surface area contributed by atoms with Crippen molar-refractivity contribution in [2.75, 3.05) is 7.11 Å². The van der Waals surface area contributed by atoms with Gasteiger partial charge in [0.05, 0.1) is 16.2 Å². The first-order valence-corrected chi connectivity index (χ1v) is 4.97. The normalized spacial score (nSPS) is 10.3. The van der Waals surface area contributed by atoms with Gasteiger partial charge in [-0.15, -0.1) is 0 Å². The Balaban J connectivity index is 2.74. The topological polar surface area (TPSA) is 22.1 Å². The van der Waals surface area contributed by atoms with Gasteiger partial charge in [0.15, 0.2) is 0 Å². The van der Waals surface area contributed by atoms with Crippen LogP contribution in [0.2, 0.25) is 0 Å². The van der Waals surface area contributed by atoms with E-state index in [1.165, 1.54) is 0 Å². The van der Waals surface area contributed by atoms with Crippen LogP contribution in [0.5, 0.6) is 5.75 Å². The minimum atomic E-state index is 0.904. The molecule has 66 valence electrons. The van der Waals surface area contributed by atoms with Gasteiger partial charge in [0, 0.05) is 11.6 Å². The Morgan fingerprint density at radius 1 is 1.38 bits per heavy atom. The number of aromatic nitrogens is 1. The maximum absolute atomic E-state index is 5.22. The van der Waals surface area contributed by atoms with E-state index in [4.69, 9.17) is 4.74 Å². The third-order valence-electron chi connectivity index (χ3n) is 1.88. The Morgan fingerprint density at radius 3 is 3.00 bits per heavy atom. The summed E-state index contributed by atoms with van der Waals surface area (Å²) in [6.07, 6.45) is 1.80. The number of ether oxygens (including phenoxy) is 1. The average Bonchev–Trinajstić information content (AvgIpc) is 2.17. The molecule has 0 saturated carbocycles. The summed E-state index contributed by atoms with van der Waals surface area (Å²) in [4.78, 5) is 4.26. The molecule has 1 aromatic heterocycles. The fraction of sp³-hybridized carbons (Fsp3) is 0.100. The molecule has 0 bridgehead atoms. The molecular formula is C10H8INO. The maximum Gasteiger partial charge on any atom is 0.132 e. The highest BCUT2D eigenvalue weighted by atomic mass is 127. The van der Waals surface area contributed by atoms with Gasteiger partial charge in [-0.3, -0.25) is 4.98 Å². The van der Waals surface area contributed by atoms with E-state index >= 15 is 0 Å². The van der Waals surface area contributed by atoms with Gasteiger partial charge >= 0.3 is 0 Å². The lowest BCUT2D eigenvalue weighted by atomic mass is 10.2. The monoisotopic (exact) mass is 285 g/mol. The van der Waals surface area contributed by atoms with Gasteiger partial charge in [0.1, 0.15) is 5.75 Å². The largest absolute Gasteiger partial charge is 0.496 e. The van der Waals surface area contributed by atoms with Crippen LogP contribution in [0.25, 0.3) is 10.9 Å². The molecule has 0 amide bonds. The van der Waals surface area contributed by atoms with Crippen LogP contribution in [0.3, 0.4) is 0 Å². The molecule has 0 unspecified atom stereocenters. The first-order valence-electron chi connectivity index (χ1n) is 3.89. The quantitative estimate of drug-likeness (QED) is 0.752. The molecule has 13 heavy (non-hydrogen) atoms. The number of nitrogens with zero attached hydrogens (tertiary/aromatic N) is 1. The van der Waals surface area contributed by atoms with E-state index in [1.54, 1.807) is 13.3 Å². The standard InChI is InChI=1S/C10H8INO/c1-13-10-5-7-3-2-4-12-9(7)6-8(10)11/h2-6H,1H3. The highest BCUT2D eigenvalue weighted by Gasteiger charge is 2.01. The number of rotatable bonds is 1. The summed E-state index contributed by atoms with van der Waals surface area (Å²) in [6.45, 7) is 0. The Labute approximate surface area is 90.1 Å². The lowest BCUT2D eigenvalue weighted by molar-refractivity contribution is 0.412. The number of fused-ring (bicyclic) bond motifs is 1. The van der Waals surface area contributed by atoms with Crippen LogP contribution in [-0.4, -0.2) is 12.1 Å². The van der Waals surface area contributed by atoms with Gasteiger partial charge in [-0.25, -0.2) is 0 Å². The summed E-state index contributed by atoms with van der Waals surface area (Å²) in [5.41, 5.74) is 1.01. The number of benzene rings is 1. The molecule has 2 aromatic rings. The second-order valence-electron chi connectivity index (χ2n) is 2.68. The number of hydrogen-bond acceptors (Lipinski definition) is 2. The average molecular weight is 285 g/mol. The molecule has 0 atom stereocenters. The Kier molecular flexibility index (Phi) is 2.35. The smallest absolute Gasteiger partial charge is 0.132 e. The van der Waals surface area contributed by atoms with E-state index in [9.17, 15) is 0 Å². The van der Waals surface area contributed by atoms with Crippen molar-refractivity contribution in [3.05, 3.63) is 34.0 Å². The van der Waals surface area contributed by atoms with Gasteiger partial charge in [-0.1, -0.05) is 6.07 Å².